The molecule has 1 aliphatic rings. The molecule has 17 heavy (non-hydrogen) atoms. The predicted molar refractivity (Wildman–Crippen MR) is 66.4 cm³/mol. The van der Waals surface area contributed by atoms with Crippen LogP contribution in [0, 0.1) is 17.8 Å². The van der Waals surface area contributed by atoms with Gasteiger partial charge in [-0.05, 0) is 31.6 Å². The molecule has 0 aliphatic heterocycles. The van der Waals surface area contributed by atoms with Crippen molar-refractivity contribution in [2.75, 3.05) is 7.11 Å². The van der Waals surface area contributed by atoms with Gasteiger partial charge in [-0.3, -0.25) is 9.59 Å². The van der Waals surface area contributed by atoms with Crippen LogP contribution >= 0.6 is 0 Å². The van der Waals surface area contributed by atoms with E-state index in [1.165, 1.54) is 7.11 Å². The van der Waals surface area contributed by atoms with Gasteiger partial charge in [-0.2, -0.15) is 0 Å². The molecule has 3 heteroatoms. The largest absolute Gasteiger partial charge is 0.469 e. The van der Waals surface area contributed by atoms with Gasteiger partial charge in [-0.25, -0.2) is 0 Å². The topological polar surface area (TPSA) is 43.4 Å². The summed E-state index contributed by atoms with van der Waals surface area (Å²) in [6.07, 6.45) is 5.85. The van der Waals surface area contributed by atoms with Crippen molar-refractivity contribution in [2.24, 2.45) is 17.8 Å². The van der Waals surface area contributed by atoms with Crippen molar-refractivity contribution in [1.29, 1.82) is 0 Å². The maximum atomic E-state index is 12.1. The lowest BCUT2D eigenvalue weighted by atomic mass is 9.73. The van der Waals surface area contributed by atoms with Crippen molar-refractivity contribution < 1.29 is 14.3 Å². The van der Waals surface area contributed by atoms with Crippen LogP contribution in [-0.2, 0) is 14.3 Å². The first-order valence-corrected chi connectivity index (χ1v) is 6.35. The highest BCUT2D eigenvalue weighted by Gasteiger charge is 2.36. The second-order valence-electron chi connectivity index (χ2n) is 4.78. The summed E-state index contributed by atoms with van der Waals surface area (Å²) in [6.45, 7) is 5.64. The Kier molecular flexibility index (Phi) is 5.39. The summed E-state index contributed by atoms with van der Waals surface area (Å²) in [5.41, 5.74) is 0. The van der Waals surface area contributed by atoms with E-state index in [1.807, 2.05) is 13.0 Å². The summed E-state index contributed by atoms with van der Waals surface area (Å²) >= 11 is 0. The van der Waals surface area contributed by atoms with E-state index in [2.05, 4.69) is 6.58 Å². The molecule has 0 amide bonds. The molecule has 0 aromatic heterocycles. The zero-order chi connectivity index (χ0) is 12.8. The first-order chi connectivity index (χ1) is 8.13. The third-order valence-electron chi connectivity index (χ3n) is 3.72. The van der Waals surface area contributed by atoms with E-state index in [0.717, 1.165) is 19.3 Å². The van der Waals surface area contributed by atoms with Gasteiger partial charge in [0.05, 0.1) is 13.0 Å². The Morgan fingerprint density at radius 1 is 1.59 bits per heavy atom. The third-order valence-corrected chi connectivity index (χ3v) is 3.72. The molecule has 3 nitrogen and oxygen atoms in total. The number of methoxy groups -OCH3 is 1. The highest BCUT2D eigenvalue weighted by Crippen LogP contribution is 2.34. The summed E-state index contributed by atoms with van der Waals surface area (Å²) < 4.78 is 4.77. The van der Waals surface area contributed by atoms with Gasteiger partial charge >= 0.3 is 5.97 Å². The second kappa shape index (κ2) is 6.58. The molecule has 1 fully saturated rings. The Bertz CT molecular complexity index is 296. The van der Waals surface area contributed by atoms with Gasteiger partial charge < -0.3 is 4.74 Å². The maximum Gasteiger partial charge on any atom is 0.309 e. The number of esters is 1. The lowest BCUT2D eigenvalue weighted by Crippen LogP contribution is -2.34. The van der Waals surface area contributed by atoms with Crippen LogP contribution in [0.25, 0.3) is 0 Å². The van der Waals surface area contributed by atoms with Crippen LogP contribution in [0.4, 0.5) is 0 Å². The van der Waals surface area contributed by atoms with Crippen LogP contribution in [0.2, 0.25) is 0 Å². The summed E-state index contributed by atoms with van der Waals surface area (Å²) in [6, 6.07) is 0. The fourth-order valence-corrected chi connectivity index (χ4v) is 2.74. The fourth-order valence-electron chi connectivity index (χ4n) is 2.74. The predicted octanol–water partition coefficient (Wildman–Crippen LogP) is 2.75. The van der Waals surface area contributed by atoms with Crippen LogP contribution < -0.4 is 0 Å². The standard InChI is InChI=1S/C14H22O3/c1-4-6-10-7-8-12(13(15)9-10)11(5-2)14(16)17-3/h4,10-12H,1,5-9H2,2-3H3. The summed E-state index contributed by atoms with van der Waals surface area (Å²) in [7, 11) is 1.39. The van der Waals surface area contributed by atoms with E-state index in [-0.39, 0.29) is 23.6 Å². The van der Waals surface area contributed by atoms with Gasteiger partial charge in [0.2, 0.25) is 0 Å². The van der Waals surface area contributed by atoms with Crippen LogP contribution in [0.5, 0.6) is 0 Å². The van der Waals surface area contributed by atoms with Crippen LogP contribution in [0.1, 0.15) is 39.0 Å². The molecule has 1 aliphatic carbocycles. The Morgan fingerprint density at radius 3 is 2.76 bits per heavy atom. The van der Waals surface area contributed by atoms with E-state index >= 15 is 0 Å². The van der Waals surface area contributed by atoms with Crippen molar-refractivity contribution in [2.45, 2.75) is 39.0 Å². The minimum Gasteiger partial charge on any atom is -0.469 e. The lowest BCUT2D eigenvalue weighted by molar-refractivity contribution is -0.151. The third kappa shape index (κ3) is 3.42. The van der Waals surface area contributed by atoms with Crippen molar-refractivity contribution in [3.8, 4) is 0 Å². The Labute approximate surface area is 103 Å². The smallest absolute Gasteiger partial charge is 0.309 e. The molecule has 0 saturated heterocycles. The van der Waals surface area contributed by atoms with Crippen molar-refractivity contribution >= 4 is 11.8 Å². The van der Waals surface area contributed by atoms with Gasteiger partial charge in [-0.1, -0.05) is 13.0 Å². The molecule has 3 atom stereocenters. The molecular formula is C14H22O3. The molecule has 3 unspecified atom stereocenters. The van der Waals surface area contributed by atoms with Crippen LogP contribution in [-0.4, -0.2) is 18.9 Å². The highest BCUT2D eigenvalue weighted by atomic mass is 16.5. The minimum atomic E-state index is -0.253. The number of allylic oxidation sites excluding steroid dienone is 1. The number of ether oxygens (including phenoxy) is 1. The average Bonchev–Trinajstić information content (AvgIpc) is 2.32. The summed E-state index contributed by atoms with van der Waals surface area (Å²) in [4.78, 5) is 23.7. The maximum absolute atomic E-state index is 12.1. The van der Waals surface area contributed by atoms with E-state index in [1.54, 1.807) is 0 Å². The minimum absolute atomic E-state index is 0.131. The molecule has 0 N–H and O–H groups in total. The van der Waals surface area contributed by atoms with E-state index in [9.17, 15) is 9.59 Å². The first kappa shape index (κ1) is 13.9. The fraction of sp³-hybridized carbons (Fsp3) is 0.714. The van der Waals surface area contributed by atoms with Crippen molar-refractivity contribution in [1.82, 2.24) is 0 Å². The monoisotopic (exact) mass is 238 g/mol. The number of Topliss-reactive ketones (excluding diaryl/α,β-unsaturated/α-hetero) is 1. The number of hydrogen-bond acceptors (Lipinski definition) is 3. The second-order valence-corrected chi connectivity index (χ2v) is 4.78. The number of hydrogen-bond donors (Lipinski definition) is 0. The molecule has 1 rings (SSSR count). The van der Waals surface area contributed by atoms with Crippen molar-refractivity contribution in [3.63, 3.8) is 0 Å². The Balaban J connectivity index is 2.64. The van der Waals surface area contributed by atoms with E-state index < -0.39 is 0 Å². The normalized spacial score (nSPS) is 26.4. The zero-order valence-corrected chi connectivity index (χ0v) is 10.8. The highest BCUT2D eigenvalue weighted by molar-refractivity contribution is 5.87. The number of carbonyl (C=O) groups is 2. The molecule has 0 aromatic rings. The van der Waals surface area contributed by atoms with Gasteiger partial charge in [0.25, 0.3) is 0 Å². The van der Waals surface area contributed by atoms with Crippen molar-refractivity contribution in [3.05, 3.63) is 12.7 Å². The first-order valence-electron chi connectivity index (χ1n) is 6.35. The van der Waals surface area contributed by atoms with E-state index in [0.29, 0.717) is 18.8 Å². The van der Waals surface area contributed by atoms with Crippen LogP contribution in [0.15, 0.2) is 12.7 Å². The Morgan fingerprint density at radius 2 is 2.29 bits per heavy atom. The van der Waals surface area contributed by atoms with E-state index in [4.69, 9.17) is 4.74 Å². The van der Waals surface area contributed by atoms with Gasteiger partial charge in [-0.15, -0.1) is 6.58 Å². The molecule has 0 bridgehead atoms. The number of rotatable bonds is 5. The molecule has 1 saturated carbocycles. The molecule has 96 valence electrons. The molecular weight excluding hydrogens is 216 g/mol. The summed E-state index contributed by atoms with van der Waals surface area (Å²) in [5.74, 6) is 0.0190. The SMILES string of the molecule is C=CCC1CCC(C(CC)C(=O)OC)C(=O)C1. The van der Waals surface area contributed by atoms with Gasteiger partial charge in [0.15, 0.2) is 0 Å². The van der Waals surface area contributed by atoms with Crippen LogP contribution in [0.3, 0.4) is 0 Å². The number of carbonyl (C=O) groups excluding carboxylic acids is 2. The lowest BCUT2D eigenvalue weighted by Gasteiger charge is -2.30. The molecule has 0 spiro atoms. The average molecular weight is 238 g/mol. The summed E-state index contributed by atoms with van der Waals surface area (Å²) in [5, 5.41) is 0. The number of ketones is 1. The zero-order valence-electron chi connectivity index (χ0n) is 10.8. The molecule has 0 aromatic carbocycles. The molecule has 0 radical (unpaired) electrons. The quantitative estimate of drug-likeness (QED) is 0.546. The van der Waals surface area contributed by atoms with Gasteiger partial charge in [0, 0.05) is 12.3 Å². The molecule has 0 heterocycles. The Hall–Kier alpha value is -1.12. The van der Waals surface area contributed by atoms with Gasteiger partial charge in [0.1, 0.15) is 5.78 Å².